The van der Waals surface area contributed by atoms with Crippen LogP contribution in [-0.4, -0.2) is 56.7 Å². The van der Waals surface area contributed by atoms with Gasteiger partial charge in [0.15, 0.2) is 0 Å². The van der Waals surface area contributed by atoms with Gasteiger partial charge in [0.05, 0.1) is 35.9 Å². The number of nitrogens with one attached hydrogen (secondary N) is 1. The number of rotatable bonds is 5. The number of para-hydroxylation sites is 1. The van der Waals surface area contributed by atoms with E-state index >= 15 is 0 Å². The van der Waals surface area contributed by atoms with Crippen molar-refractivity contribution in [2.24, 2.45) is 0 Å². The molecule has 26 heavy (non-hydrogen) atoms. The minimum atomic E-state index is -0.947. The summed E-state index contributed by atoms with van der Waals surface area (Å²) in [6.07, 6.45) is 4.74. The Balaban J connectivity index is 1.39. The lowest BCUT2D eigenvalue weighted by Gasteiger charge is -2.38. The van der Waals surface area contributed by atoms with Crippen LogP contribution in [0.1, 0.15) is 25.7 Å². The zero-order valence-electron chi connectivity index (χ0n) is 14.7. The number of benzene rings is 1. The van der Waals surface area contributed by atoms with E-state index in [1.807, 2.05) is 12.1 Å². The molecule has 0 atom stereocenters. The molecule has 1 saturated heterocycles. The molecule has 138 valence electrons. The van der Waals surface area contributed by atoms with Gasteiger partial charge in [-0.05, 0) is 37.8 Å². The average molecular weight is 356 g/mol. The molecule has 0 unspecified atom stereocenters. The highest BCUT2D eigenvalue weighted by Crippen LogP contribution is 2.24. The molecule has 7 nitrogen and oxygen atoms in total. The average Bonchev–Trinajstić information content (AvgIpc) is 3.44. The third kappa shape index (κ3) is 3.78. The number of amides is 1. The number of nitrogens with zero attached hydrogens (tertiary/aromatic N) is 3. The summed E-state index contributed by atoms with van der Waals surface area (Å²) in [5.74, 6) is 0.0629. The number of hydrogen-bond donors (Lipinski definition) is 2. The molecule has 2 fully saturated rings. The Kier molecular flexibility index (Phi) is 4.50. The topological polar surface area (TPSA) is 87.5 Å². The van der Waals surface area contributed by atoms with E-state index < -0.39 is 5.60 Å². The van der Waals surface area contributed by atoms with Crippen molar-refractivity contribution in [3.05, 3.63) is 40.9 Å². The van der Waals surface area contributed by atoms with Crippen LogP contribution < -0.4 is 10.9 Å². The number of carbonyl (C=O) groups excluding carboxylic acids is 1. The van der Waals surface area contributed by atoms with Gasteiger partial charge in [-0.1, -0.05) is 12.1 Å². The van der Waals surface area contributed by atoms with Crippen molar-refractivity contribution in [1.82, 2.24) is 19.8 Å². The van der Waals surface area contributed by atoms with Crippen LogP contribution in [0, 0.1) is 0 Å². The highest BCUT2D eigenvalue weighted by atomic mass is 16.3. The van der Waals surface area contributed by atoms with Crippen LogP contribution in [0.4, 0.5) is 0 Å². The summed E-state index contributed by atoms with van der Waals surface area (Å²) < 4.78 is 1.50. The van der Waals surface area contributed by atoms with Gasteiger partial charge < -0.3 is 10.4 Å². The maximum atomic E-state index is 12.6. The minimum absolute atomic E-state index is 0.0629. The SMILES string of the molecule is O=C(CN1CCC(O)(Cn2cnc3ccccc3c2=O)CC1)NC1CC1. The molecule has 2 N–H and O–H groups in total. The standard InChI is InChI=1S/C19H24N4O3/c24-17(21-14-5-6-14)11-22-9-7-19(26,8-10-22)12-23-13-20-16-4-2-1-3-15(16)18(23)25/h1-4,13-14,26H,5-12H2,(H,21,24). The quantitative estimate of drug-likeness (QED) is 0.815. The summed E-state index contributed by atoms with van der Waals surface area (Å²) in [6, 6.07) is 7.60. The van der Waals surface area contributed by atoms with Crippen LogP contribution >= 0.6 is 0 Å². The van der Waals surface area contributed by atoms with E-state index in [0.29, 0.717) is 49.4 Å². The number of likely N-dealkylation sites (tertiary alicyclic amines) is 1. The van der Waals surface area contributed by atoms with E-state index in [0.717, 1.165) is 12.8 Å². The van der Waals surface area contributed by atoms with Gasteiger partial charge in [-0.15, -0.1) is 0 Å². The van der Waals surface area contributed by atoms with E-state index in [4.69, 9.17) is 0 Å². The Labute approximate surface area is 151 Å². The van der Waals surface area contributed by atoms with E-state index in [-0.39, 0.29) is 18.0 Å². The monoisotopic (exact) mass is 356 g/mol. The van der Waals surface area contributed by atoms with Crippen LogP contribution in [-0.2, 0) is 11.3 Å². The second-order valence-electron chi connectivity index (χ2n) is 7.54. The lowest BCUT2D eigenvalue weighted by molar-refractivity contribution is -0.123. The number of carbonyl (C=O) groups is 1. The Morgan fingerprint density at radius 3 is 2.73 bits per heavy atom. The van der Waals surface area contributed by atoms with Crippen LogP contribution in [0.25, 0.3) is 10.9 Å². The zero-order valence-corrected chi connectivity index (χ0v) is 14.7. The lowest BCUT2D eigenvalue weighted by Crippen LogP contribution is -2.50. The van der Waals surface area contributed by atoms with Crippen LogP contribution in [0.2, 0.25) is 0 Å². The summed E-state index contributed by atoms with van der Waals surface area (Å²) in [4.78, 5) is 30.9. The van der Waals surface area contributed by atoms with Gasteiger partial charge >= 0.3 is 0 Å². The zero-order chi connectivity index (χ0) is 18.1. The summed E-state index contributed by atoms with van der Waals surface area (Å²) in [5.41, 5.74) is -0.412. The first-order valence-electron chi connectivity index (χ1n) is 9.21. The second-order valence-corrected chi connectivity index (χ2v) is 7.54. The summed E-state index contributed by atoms with van der Waals surface area (Å²) in [6.45, 7) is 1.89. The molecular weight excluding hydrogens is 332 g/mol. The first kappa shape index (κ1) is 17.2. The van der Waals surface area contributed by atoms with Crippen molar-refractivity contribution in [3.8, 4) is 0 Å². The highest BCUT2D eigenvalue weighted by molar-refractivity contribution is 5.78. The van der Waals surface area contributed by atoms with Crippen molar-refractivity contribution in [1.29, 1.82) is 0 Å². The number of hydrogen-bond acceptors (Lipinski definition) is 5. The molecule has 1 aromatic carbocycles. The van der Waals surface area contributed by atoms with Gasteiger partial charge in [-0.3, -0.25) is 19.1 Å². The fourth-order valence-electron chi connectivity index (χ4n) is 3.53. The second kappa shape index (κ2) is 6.81. The Bertz CT molecular complexity index is 866. The molecule has 2 heterocycles. The summed E-state index contributed by atoms with van der Waals surface area (Å²) in [7, 11) is 0. The van der Waals surface area contributed by atoms with Crippen LogP contribution in [0.15, 0.2) is 35.4 Å². The van der Waals surface area contributed by atoms with Gasteiger partial charge in [0, 0.05) is 19.1 Å². The molecule has 0 bridgehead atoms. The van der Waals surface area contributed by atoms with Crippen molar-refractivity contribution < 1.29 is 9.90 Å². The maximum Gasteiger partial charge on any atom is 0.261 e. The van der Waals surface area contributed by atoms with Crippen molar-refractivity contribution in [2.75, 3.05) is 19.6 Å². The predicted molar refractivity (Wildman–Crippen MR) is 97.8 cm³/mol. The Morgan fingerprint density at radius 2 is 2.00 bits per heavy atom. The normalized spacial score (nSPS) is 20.2. The third-order valence-electron chi connectivity index (χ3n) is 5.29. The van der Waals surface area contributed by atoms with Gasteiger partial charge in [0.25, 0.3) is 5.56 Å². The third-order valence-corrected chi connectivity index (χ3v) is 5.29. The van der Waals surface area contributed by atoms with E-state index in [1.165, 1.54) is 10.9 Å². The first-order valence-corrected chi connectivity index (χ1v) is 9.21. The minimum Gasteiger partial charge on any atom is -0.388 e. The predicted octanol–water partition coefficient (Wildman–Crippen LogP) is 0.502. The first-order chi connectivity index (χ1) is 12.5. The van der Waals surface area contributed by atoms with Gasteiger partial charge in [-0.2, -0.15) is 0 Å². The van der Waals surface area contributed by atoms with Crippen LogP contribution in [0.3, 0.4) is 0 Å². The fraction of sp³-hybridized carbons (Fsp3) is 0.526. The van der Waals surface area contributed by atoms with Gasteiger partial charge in [0.1, 0.15) is 0 Å². The van der Waals surface area contributed by atoms with E-state index in [9.17, 15) is 14.7 Å². The van der Waals surface area contributed by atoms with Crippen LogP contribution in [0.5, 0.6) is 0 Å². The van der Waals surface area contributed by atoms with Crippen molar-refractivity contribution in [3.63, 3.8) is 0 Å². The van der Waals surface area contributed by atoms with Crippen molar-refractivity contribution >= 4 is 16.8 Å². The largest absolute Gasteiger partial charge is 0.388 e. The molecule has 4 rings (SSSR count). The summed E-state index contributed by atoms with van der Waals surface area (Å²) in [5, 5.41) is 14.5. The smallest absolute Gasteiger partial charge is 0.261 e. The molecule has 0 radical (unpaired) electrons. The molecule has 0 spiro atoms. The van der Waals surface area contributed by atoms with E-state index in [2.05, 4.69) is 15.2 Å². The molecule has 1 aliphatic carbocycles. The number of piperidine rings is 1. The lowest BCUT2D eigenvalue weighted by atomic mass is 9.91. The molecule has 2 aromatic rings. The van der Waals surface area contributed by atoms with E-state index in [1.54, 1.807) is 12.1 Å². The Morgan fingerprint density at radius 1 is 1.27 bits per heavy atom. The van der Waals surface area contributed by atoms with Crippen molar-refractivity contribution in [2.45, 2.75) is 43.9 Å². The Hall–Kier alpha value is -2.25. The number of fused-ring (bicyclic) bond motifs is 1. The molecule has 2 aliphatic rings. The molecular formula is C19H24N4O3. The maximum absolute atomic E-state index is 12.6. The number of aromatic nitrogens is 2. The highest BCUT2D eigenvalue weighted by Gasteiger charge is 2.34. The molecule has 1 aromatic heterocycles. The summed E-state index contributed by atoms with van der Waals surface area (Å²) >= 11 is 0. The van der Waals surface area contributed by atoms with Gasteiger partial charge in [-0.25, -0.2) is 4.98 Å². The fourth-order valence-corrected chi connectivity index (χ4v) is 3.53. The molecule has 1 saturated carbocycles. The molecule has 1 amide bonds. The number of aliphatic hydroxyl groups is 1. The van der Waals surface area contributed by atoms with Gasteiger partial charge in [0.2, 0.25) is 5.91 Å². The molecule has 1 aliphatic heterocycles. The molecule has 7 heteroatoms.